The average Bonchev–Trinajstić information content (AvgIpc) is 2.29. The fourth-order valence-corrected chi connectivity index (χ4v) is 1.30. The van der Waals surface area contributed by atoms with Gasteiger partial charge < -0.3 is 21.6 Å². The van der Waals surface area contributed by atoms with Gasteiger partial charge in [-0.2, -0.15) is 0 Å². The van der Waals surface area contributed by atoms with Crippen LogP contribution in [0.4, 0.5) is 0 Å². The summed E-state index contributed by atoms with van der Waals surface area (Å²) in [5, 5.41) is 11.3. The molecule has 1 rings (SSSR count). The molecule has 94 valence electrons. The molecule has 1 unspecified atom stereocenters. The predicted molar refractivity (Wildman–Crippen MR) is 62.4 cm³/mol. The molecule has 0 aromatic heterocycles. The molecule has 0 saturated carbocycles. The lowest BCUT2D eigenvalue weighted by Gasteiger charge is -2.13. The molecule has 6 nitrogen and oxygen atoms in total. The van der Waals surface area contributed by atoms with Gasteiger partial charge in [-0.3, -0.25) is 4.79 Å². The van der Waals surface area contributed by atoms with E-state index in [0.717, 1.165) is 5.56 Å². The highest BCUT2D eigenvalue weighted by molar-refractivity contribution is 5.84. The van der Waals surface area contributed by atoms with Gasteiger partial charge in [0.2, 0.25) is 5.91 Å². The molecule has 0 saturated heterocycles. The molecule has 0 fully saturated rings. The molecular weight excluding hydrogens is 224 g/mol. The van der Waals surface area contributed by atoms with Gasteiger partial charge >= 0.3 is 5.97 Å². The van der Waals surface area contributed by atoms with Crippen molar-refractivity contribution in [1.29, 1.82) is 0 Å². The summed E-state index contributed by atoms with van der Waals surface area (Å²) >= 11 is 0. The van der Waals surface area contributed by atoms with Crippen LogP contribution in [0.3, 0.4) is 0 Å². The number of amides is 1. The SMILES string of the molecule is NCC(=O)NC(Cc1ccccc1)C(=O)O.O. The van der Waals surface area contributed by atoms with Crippen LogP contribution in [0.2, 0.25) is 0 Å². The molecule has 0 aliphatic rings. The lowest BCUT2D eigenvalue weighted by atomic mass is 10.1. The molecule has 1 atom stereocenters. The van der Waals surface area contributed by atoms with Crippen molar-refractivity contribution < 1.29 is 20.2 Å². The highest BCUT2D eigenvalue weighted by atomic mass is 16.4. The summed E-state index contributed by atoms with van der Waals surface area (Å²) in [4.78, 5) is 21.9. The number of benzene rings is 1. The van der Waals surface area contributed by atoms with Crippen molar-refractivity contribution in [3.8, 4) is 0 Å². The molecular formula is C11H16N2O4. The number of nitrogens with one attached hydrogen (secondary N) is 1. The van der Waals surface area contributed by atoms with E-state index in [-0.39, 0.29) is 18.4 Å². The Bertz CT molecular complexity index is 367. The summed E-state index contributed by atoms with van der Waals surface area (Å²) in [5.41, 5.74) is 5.96. The van der Waals surface area contributed by atoms with Crippen LogP contribution < -0.4 is 11.1 Å². The minimum absolute atomic E-state index is 0. The van der Waals surface area contributed by atoms with Crippen LogP contribution in [0.25, 0.3) is 0 Å². The van der Waals surface area contributed by atoms with E-state index in [9.17, 15) is 9.59 Å². The molecule has 1 amide bonds. The summed E-state index contributed by atoms with van der Waals surface area (Å²) in [5.74, 6) is -1.53. The second-order valence-corrected chi connectivity index (χ2v) is 3.35. The minimum atomic E-state index is -1.06. The number of hydrogen-bond donors (Lipinski definition) is 3. The highest BCUT2D eigenvalue weighted by Gasteiger charge is 2.19. The average molecular weight is 240 g/mol. The number of carboxylic acid groups (broad SMARTS) is 1. The maximum atomic E-state index is 11.0. The second kappa shape index (κ2) is 7.37. The lowest BCUT2D eigenvalue weighted by Crippen LogP contribution is -2.44. The molecule has 1 aromatic carbocycles. The second-order valence-electron chi connectivity index (χ2n) is 3.35. The molecule has 0 aliphatic carbocycles. The molecule has 0 spiro atoms. The van der Waals surface area contributed by atoms with E-state index in [4.69, 9.17) is 10.8 Å². The Morgan fingerprint density at radius 2 is 1.88 bits per heavy atom. The van der Waals surface area contributed by atoms with Crippen LogP contribution in [-0.4, -0.2) is 35.0 Å². The summed E-state index contributed by atoms with van der Waals surface area (Å²) in [7, 11) is 0. The van der Waals surface area contributed by atoms with E-state index in [1.807, 2.05) is 30.3 Å². The van der Waals surface area contributed by atoms with Crippen LogP contribution in [0.15, 0.2) is 30.3 Å². The van der Waals surface area contributed by atoms with Crippen molar-refractivity contribution in [3.05, 3.63) is 35.9 Å². The Hall–Kier alpha value is -1.92. The molecule has 1 aromatic rings. The fraction of sp³-hybridized carbons (Fsp3) is 0.273. The number of nitrogens with two attached hydrogens (primary N) is 1. The van der Waals surface area contributed by atoms with Crippen LogP contribution in [0, 0.1) is 0 Å². The maximum Gasteiger partial charge on any atom is 0.326 e. The van der Waals surface area contributed by atoms with Crippen LogP contribution in [0.1, 0.15) is 5.56 Å². The van der Waals surface area contributed by atoms with Crippen LogP contribution in [0.5, 0.6) is 0 Å². The first-order chi connectivity index (χ1) is 7.63. The monoisotopic (exact) mass is 240 g/mol. The number of carbonyl (C=O) groups is 2. The van der Waals surface area contributed by atoms with Gasteiger partial charge in [0.15, 0.2) is 0 Å². The quantitative estimate of drug-likeness (QED) is 0.606. The van der Waals surface area contributed by atoms with E-state index < -0.39 is 17.9 Å². The van der Waals surface area contributed by atoms with Crippen molar-refractivity contribution in [3.63, 3.8) is 0 Å². The Labute approximate surface area is 98.7 Å². The Morgan fingerprint density at radius 1 is 1.29 bits per heavy atom. The molecule has 17 heavy (non-hydrogen) atoms. The fourth-order valence-electron chi connectivity index (χ4n) is 1.30. The molecule has 6 N–H and O–H groups in total. The lowest BCUT2D eigenvalue weighted by molar-refractivity contribution is -0.141. The molecule has 6 heteroatoms. The zero-order valence-corrected chi connectivity index (χ0v) is 9.22. The third kappa shape index (κ3) is 5.10. The Balaban J connectivity index is 0.00000256. The van der Waals surface area contributed by atoms with Gasteiger partial charge in [-0.25, -0.2) is 4.79 Å². The van der Waals surface area contributed by atoms with Crippen molar-refractivity contribution in [2.24, 2.45) is 5.73 Å². The zero-order valence-electron chi connectivity index (χ0n) is 9.22. The summed E-state index contributed by atoms with van der Waals surface area (Å²) in [6.07, 6.45) is 0.252. The van der Waals surface area contributed by atoms with Crippen molar-refractivity contribution in [1.82, 2.24) is 5.32 Å². The Morgan fingerprint density at radius 3 is 2.35 bits per heavy atom. The van der Waals surface area contributed by atoms with E-state index in [2.05, 4.69) is 5.32 Å². The predicted octanol–water partition coefficient (Wildman–Crippen LogP) is -1.07. The van der Waals surface area contributed by atoms with Crippen molar-refractivity contribution in [2.75, 3.05) is 6.54 Å². The highest BCUT2D eigenvalue weighted by Crippen LogP contribution is 2.03. The number of hydrogen-bond acceptors (Lipinski definition) is 3. The first-order valence-corrected chi connectivity index (χ1v) is 4.89. The number of carboxylic acids is 1. The summed E-state index contributed by atoms with van der Waals surface area (Å²) in [6.45, 7) is -0.210. The van der Waals surface area contributed by atoms with Gasteiger partial charge in [0.1, 0.15) is 6.04 Å². The van der Waals surface area contributed by atoms with Crippen molar-refractivity contribution in [2.45, 2.75) is 12.5 Å². The topological polar surface area (TPSA) is 124 Å². The van der Waals surface area contributed by atoms with Gasteiger partial charge in [-0.15, -0.1) is 0 Å². The summed E-state index contributed by atoms with van der Waals surface area (Å²) in [6, 6.07) is 8.17. The molecule has 0 heterocycles. The Kier molecular flexibility index (Phi) is 6.54. The van der Waals surface area contributed by atoms with E-state index in [1.165, 1.54) is 0 Å². The van der Waals surface area contributed by atoms with Crippen LogP contribution in [-0.2, 0) is 16.0 Å². The normalized spacial score (nSPS) is 11.1. The van der Waals surface area contributed by atoms with Gasteiger partial charge in [0.05, 0.1) is 6.54 Å². The number of carbonyl (C=O) groups excluding carboxylic acids is 1. The van der Waals surface area contributed by atoms with Crippen molar-refractivity contribution >= 4 is 11.9 Å². The van der Waals surface area contributed by atoms with Gasteiger partial charge in [0.25, 0.3) is 0 Å². The van der Waals surface area contributed by atoms with Gasteiger partial charge in [-0.05, 0) is 5.56 Å². The standard InChI is InChI=1S/C11H14N2O3.H2O/c12-7-10(14)13-9(11(15)16)6-8-4-2-1-3-5-8;/h1-5,9H,6-7,12H2,(H,13,14)(H,15,16);1H2. The smallest absolute Gasteiger partial charge is 0.326 e. The van der Waals surface area contributed by atoms with E-state index in [0.29, 0.717) is 0 Å². The molecule has 0 radical (unpaired) electrons. The number of rotatable bonds is 5. The van der Waals surface area contributed by atoms with E-state index in [1.54, 1.807) is 0 Å². The third-order valence-corrected chi connectivity index (χ3v) is 2.10. The van der Waals surface area contributed by atoms with Crippen LogP contribution >= 0.6 is 0 Å². The number of aliphatic carboxylic acids is 1. The first kappa shape index (κ1) is 15.1. The van der Waals surface area contributed by atoms with Gasteiger partial charge in [-0.1, -0.05) is 30.3 Å². The third-order valence-electron chi connectivity index (χ3n) is 2.10. The minimum Gasteiger partial charge on any atom is -0.480 e. The van der Waals surface area contributed by atoms with E-state index >= 15 is 0 Å². The first-order valence-electron chi connectivity index (χ1n) is 4.89. The largest absolute Gasteiger partial charge is 0.480 e. The molecule has 0 aliphatic heterocycles. The summed E-state index contributed by atoms with van der Waals surface area (Å²) < 4.78 is 0. The zero-order chi connectivity index (χ0) is 12.0. The van der Waals surface area contributed by atoms with Gasteiger partial charge in [0, 0.05) is 6.42 Å². The molecule has 0 bridgehead atoms. The maximum absolute atomic E-state index is 11.0.